The van der Waals surface area contributed by atoms with E-state index in [9.17, 15) is 9.59 Å². The van der Waals surface area contributed by atoms with Crippen LogP contribution in [-0.2, 0) is 29.0 Å². The molecule has 2 amide bonds. The molecule has 1 saturated heterocycles. The van der Waals surface area contributed by atoms with E-state index in [0.717, 1.165) is 16.8 Å². The van der Waals surface area contributed by atoms with E-state index in [1.165, 1.54) is 0 Å². The number of ether oxygens (including phenoxy) is 2. The van der Waals surface area contributed by atoms with E-state index in [1.807, 2.05) is 47.1 Å². The van der Waals surface area contributed by atoms with Gasteiger partial charge in [-0.2, -0.15) is 5.10 Å². The van der Waals surface area contributed by atoms with Gasteiger partial charge in [-0.3, -0.25) is 14.3 Å². The molecular weight excluding hydrogens is 468 g/mol. The first-order valence-electron chi connectivity index (χ1n) is 11.7. The molecule has 5 rings (SSSR count). The van der Waals surface area contributed by atoms with Gasteiger partial charge in [0.05, 0.1) is 24.8 Å². The number of hydrogen-bond donors (Lipinski definition) is 0. The number of morpholine rings is 1. The zero-order chi connectivity index (χ0) is 24.2. The number of aromatic nitrogens is 2. The van der Waals surface area contributed by atoms with Crippen molar-refractivity contribution in [1.82, 2.24) is 19.6 Å². The molecule has 0 atom stereocenters. The summed E-state index contributed by atoms with van der Waals surface area (Å²) in [6, 6.07) is 17.1. The summed E-state index contributed by atoms with van der Waals surface area (Å²) in [5.74, 6) is 0.202. The number of amides is 2. The fourth-order valence-electron chi connectivity index (χ4n) is 4.47. The van der Waals surface area contributed by atoms with Crippen LogP contribution in [0.4, 0.5) is 0 Å². The topological polar surface area (TPSA) is 76.9 Å². The van der Waals surface area contributed by atoms with Gasteiger partial charge in [0.2, 0.25) is 0 Å². The maximum atomic E-state index is 13.4. The van der Waals surface area contributed by atoms with E-state index in [2.05, 4.69) is 0 Å². The lowest BCUT2D eigenvalue weighted by Gasteiger charge is -2.29. The fraction of sp³-hybridized carbons (Fsp3) is 0.346. The molecule has 0 unspecified atom stereocenters. The average molecular weight is 495 g/mol. The predicted molar refractivity (Wildman–Crippen MR) is 131 cm³/mol. The highest BCUT2D eigenvalue weighted by Gasteiger charge is 2.32. The summed E-state index contributed by atoms with van der Waals surface area (Å²) in [5.41, 5.74) is 3.34. The number of fused-ring (bicyclic) bond motifs is 1. The Bertz CT molecular complexity index is 1210. The number of carbonyl (C=O) groups excluding carboxylic acids is 2. The minimum atomic E-state index is -0.156. The van der Waals surface area contributed by atoms with Crippen molar-refractivity contribution < 1.29 is 19.1 Å². The summed E-state index contributed by atoms with van der Waals surface area (Å²) < 4.78 is 13.0. The highest BCUT2D eigenvalue weighted by molar-refractivity contribution is 6.32. The van der Waals surface area contributed by atoms with E-state index in [1.54, 1.807) is 21.9 Å². The first-order chi connectivity index (χ1) is 17.1. The number of carbonyl (C=O) groups is 2. The van der Waals surface area contributed by atoms with Gasteiger partial charge in [-0.05, 0) is 17.7 Å². The van der Waals surface area contributed by atoms with Crippen LogP contribution in [0.2, 0.25) is 5.02 Å². The van der Waals surface area contributed by atoms with Gasteiger partial charge in [-0.15, -0.1) is 0 Å². The number of benzene rings is 2. The Hall–Kier alpha value is -3.36. The fourth-order valence-corrected chi connectivity index (χ4v) is 4.66. The van der Waals surface area contributed by atoms with Gasteiger partial charge in [0.1, 0.15) is 5.75 Å². The second-order valence-electron chi connectivity index (χ2n) is 8.61. The van der Waals surface area contributed by atoms with Gasteiger partial charge in [-0.25, -0.2) is 0 Å². The Balaban J connectivity index is 1.37. The van der Waals surface area contributed by atoms with Crippen molar-refractivity contribution in [3.63, 3.8) is 0 Å². The van der Waals surface area contributed by atoms with Crippen LogP contribution < -0.4 is 4.74 Å². The predicted octanol–water partition coefficient (Wildman–Crippen LogP) is 3.02. The molecule has 0 spiro atoms. The summed E-state index contributed by atoms with van der Waals surface area (Å²) in [6.07, 6.45) is 0.614. The molecule has 0 N–H and O–H groups in total. The molecule has 0 saturated carbocycles. The van der Waals surface area contributed by atoms with Gasteiger partial charge in [0.15, 0.2) is 12.3 Å². The molecule has 8 nitrogen and oxygen atoms in total. The molecule has 0 aliphatic carbocycles. The van der Waals surface area contributed by atoms with Crippen LogP contribution >= 0.6 is 11.6 Å². The lowest BCUT2D eigenvalue weighted by molar-refractivity contribution is -0.134. The number of rotatable bonds is 6. The molecular formula is C26H27ClN4O4. The molecule has 2 aliphatic rings. The number of hydrogen-bond acceptors (Lipinski definition) is 5. The van der Waals surface area contributed by atoms with E-state index < -0.39 is 0 Å². The lowest BCUT2D eigenvalue weighted by Crippen LogP contribution is -2.42. The highest BCUT2D eigenvalue weighted by atomic mass is 35.5. The van der Waals surface area contributed by atoms with Gasteiger partial charge in [0, 0.05) is 43.9 Å². The van der Waals surface area contributed by atoms with Crippen LogP contribution in [0, 0.1) is 0 Å². The SMILES string of the molecule is O=C(COc1ccccc1Cl)N1CCc2c(c(C(=O)N3CCOCC3)nn2Cc2ccccc2)C1. The molecule has 182 valence electrons. The van der Waals surface area contributed by atoms with Crippen molar-refractivity contribution in [1.29, 1.82) is 0 Å². The molecule has 1 fully saturated rings. The van der Waals surface area contributed by atoms with Crippen LogP contribution in [0.5, 0.6) is 5.75 Å². The summed E-state index contributed by atoms with van der Waals surface area (Å²) in [5, 5.41) is 5.22. The molecule has 3 aromatic rings. The Morgan fingerprint density at radius 2 is 1.71 bits per heavy atom. The van der Waals surface area contributed by atoms with Gasteiger partial charge >= 0.3 is 0 Å². The number of para-hydroxylation sites is 1. The first-order valence-corrected chi connectivity index (χ1v) is 12.1. The normalized spacial score (nSPS) is 15.6. The standard InChI is InChI=1S/C26H27ClN4O4/c27-21-8-4-5-9-23(21)35-18-24(32)30-11-10-22-20(17-30)25(26(33)29-12-14-34-15-13-29)28-31(22)16-19-6-2-1-3-7-19/h1-9H,10-18H2. The van der Waals surface area contributed by atoms with Crippen LogP contribution in [0.25, 0.3) is 0 Å². The molecule has 35 heavy (non-hydrogen) atoms. The van der Waals surface area contributed by atoms with E-state index >= 15 is 0 Å². The summed E-state index contributed by atoms with van der Waals surface area (Å²) in [4.78, 5) is 29.9. The van der Waals surface area contributed by atoms with Gasteiger partial charge < -0.3 is 19.3 Å². The molecule has 9 heteroatoms. The van der Waals surface area contributed by atoms with Crippen molar-refractivity contribution in [3.8, 4) is 5.75 Å². The number of nitrogens with zero attached hydrogens (tertiary/aromatic N) is 4. The highest BCUT2D eigenvalue weighted by Crippen LogP contribution is 2.26. The number of halogens is 1. The minimum Gasteiger partial charge on any atom is -0.482 e. The van der Waals surface area contributed by atoms with Gasteiger partial charge in [0.25, 0.3) is 11.8 Å². The van der Waals surface area contributed by atoms with Crippen LogP contribution in [-0.4, -0.2) is 70.8 Å². The second kappa shape index (κ2) is 10.5. The maximum absolute atomic E-state index is 13.4. The molecule has 0 bridgehead atoms. The quantitative estimate of drug-likeness (QED) is 0.526. The van der Waals surface area contributed by atoms with Crippen molar-refractivity contribution in [2.45, 2.75) is 19.5 Å². The van der Waals surface area contributed by atoms with Gasteiger partial charge in [-0.1, -0.05) is 54.1 Å². The molecule has 1 aromatic heterocycles. The third-order valence-electron chi connectivity index (χ3n) is 6.35. The average Bonchev–Trinajstić information content (AvgIpc) is 3.26. The van der Waals surface area contributed by atoms with E-state index in [-0.39, 0.29) is 18.4 Å². The van der Waals surface area contributed by atoms with Crippen molar-refractivity contribution in [2.24, 2.45) is 0 Å². The molecule has 2 aromatic carbocycles. The van der Waals surface area contributed by atoms with E-state index in [0.29, 0.717) is 68.8 Å². The Kier molecular flexibility index (Phi) is 7.01. The smallest absolute Gasteiger partial charge is 0.274 e. The molecule has 3 heterocycles. The van der Waals surface area contributed by atoms with Crippen molar-refractivity contribution in [2.75, 3.05) is 39.5 Å². The first kappa shape index (κ1) is 23.4. The monoisotopic (exact) mass is 494 g/mol. The molecule has 2 aliphatic heterocycles. The lowest BCUT2D eigenvalue weighted by atomic mass is 10.0. The van der Waals surface area contributed by atoms with E-state index in [4.69, 9.17) is 26.2 Å². The minimum absolute atomic E-state index is 0.113. The zero-order valence-electron chi connectivity index (χ0n) is 19.4. The zero-order valence-corrected chi connectivity index (χ0v) is 20.1. The Morgan fingerprint density at radius 3 is 2.49 bits per heavy atom. The summed E-state index contributed by atoms with van der Waals surface area (Å²) >= 11 is 6.15. The third-order valence-corrected chi connectivity index (χ3v) is 6.66. The third kappa shape index (κ3) is 5.18. The van der Waals surface area contributed by atoms with Crippen molar-refractivity contribution in [3.05, 3.63) is 82.1 Å². The maximum Gasteiger partial charge on any atom is 0.274 e. The van der Waals surface area contributed by atoms with Crippen LogP contribution in [0.15, 0.2) is 54.6 Å². The Labute approximate surface area is 209 Å². The molecule has 0 radical (unpaired) electrons. The van der Waals surface area contributed by atoms with Crippen LogP contribution in [0.1, 0.15) is 27.3 Å². The largest absolute Gasteiger partial charge is 0.482 e. The van der Waals surface area contributed by atoms with Crippen LogP contribution in [0.3, 0.4) is 0 Å². The summed E-state index contributed by atoms with van der Waals surface area (Å²) in [7, 11) is 0. The summed E-state index contributed by atoms with van der Waals surface area (Å²) in [6.45, 7) is 3.41. The Morgan fingerprint density at radius 1 is 0.971 bits per heavy atom. The van der Waals surface area contributed by atoms with Crippen molar-refractivity contribution >= 4 is 23.4 Å². The second-order valence-corrected chi connectivity index (χ2v) is 9.01.